The molecule has 5 heteroatoms. The van der Waals surface area contributed by atoms with E-state index in [-0.39, 0.29) is 6.04 Å². The monoisotopic (exact) mass is 244 g/mol. The number of hydrazine groups is 1. The van der Waals surface area contributed by atoms with E-state index in [1.165, 1.54) is 12.1 Å². The number of halogens is 2. The average molecular weight is 244 g/mol. The molecule has 0 bridgehead atoms. The number of hydrogen-bond acceptors (Lipinski definition) is 3. The van der Waals surface area contributed by atoms with Gasteiger partial charge in [0.2, 0.25) is 0 Å². The molecule has 1 aromatic carbocycles. The van der Waals surface area contributed by atoms with Gasteiger partial charge in [-0.25, -0.2) is 8.78 Å². The fraction of sp³-hybridized carbons (Fsp3) is 0.500. The van der Waals surface area contributed by atoms with E-state index in [1.54, 1.807) is 0 Å². The van der Waals surface area contributed by atoms with Crippen LogP contribution in [0.1, 0.15) is 18.9 Å². The first kappa shape index (κ1) is 14.0. The summed E-state index contributed by atoms with van der Waals surface area (Å²) in [7, 11) is 0. The molecule has 1 aromatic rings. The van der Waals surface area contributed by atoms with Crippen LogP contribution in [0.5, 0.6) is 0 Å². The van der Waals surface area contributed by atoms with Crippen LogP contribution in [0.3, 0.4) is 0 Å². The molecule has 0 amide bonds. The summed E-state index contributed by atoms with van der Waals surface area (Å²) in [6.45, 7) is 3.07. The molecule has 3 nitrogen and oxygen atoms in total. The zero-order valence-corrected chi connectivity index (χ0v) is 9.88. The van der Waals surface area contributed by atoms with Crippen molar-refractivity contribution in [3.8, 4) is 0 Å². The highest BCUT2D eigenvalue weighted by atomic mass is 19.1. The topological polar surface area (TPSA) is 47.3 Å². The molecule has 3 N–H and O–H groups in total. The number of nitrogens with two attached hydrogens (primary N) is 1. The van der Waals surface area contributed by atoms with Gasteiger partial charge in [0.1, 0.15) is 11.6 Å². The zero-order valence-electron chi connectivity index (χ0n) is 9.88. The first-order valence-electron chi connectivity index (χ1n) is 5.64. The highest BCUT2D eigenvalue weighted by Gasteiger charge is 2.09. The Morgan fingerprint density at radius 1 is 1.29 bits per heavy atom. The molecular weight excluding hydrogens is 226 g/mol. The number of ether oxygens (including phenoxy) is 1. The number of nitrogens with one attached hydrogen (secondary N) is 1. The van der Waals surface area contributed by atoms with E-state index in [9.17, 15) is 8.78 Å². The third-order valence-corrected chi connectivity index (χ3v) is 2.31. The van der Waals surface area contributed by atoms with E-state index < -0.39 is 11.6 Å². The molecule has 0 heterocycles. The summed E-state index contributed by atoms with van der Waals surface area (Å²) in [6, 6.07) is 3.30. The molecule has 0 aliphatic heterocycles. The second-order valence-corrected chi connectivity index (χ2v) is 3.92. The number of hydrogen-bond donors (Lipinski definition) is 2. The van der Waals surface area contributed by atoms with Crippen molar-refractivity contribution in [2.24, 2.45) is 5.84 Å². The van der Waals surface area contributed by atoms with Crippen LogP contribution in [0.25, 0.3) is 0 Å². The van der Waals surface area contributed by atoms with Crippen LogP contribution < -0.4 is 11.3 Å². The van der Waals surface area contributed by atoms with Gasteiger partial charge in [0.25, 0.3) is 0 Å². The van der Waals surface area contributed by atoms with Gasteiger partial charge in [-0.3, -0.25) is 11.3 Å². The molecular formula is C12H18F2N2O. The molecule has 1 rings (SSSR count). The average Bonchev–Trinajstić information content (AvgIpc) is 2.26. The molecule has 0 saturated carbocycles. The lowest BCUT2D eigenvalue weighted by Gasteiger charge is -2.16. The van der Waals surface area contributed by atoms with E-state index in [0.29, 0.717) is 25.2 Å². The van der Waals surface area contributed by atoms with Crippen molar-refractivity contribution in [3.63, 3.8) is 0 Å². The summed E-state index contributed by atoms with van der Waals surface area (Å²) >= 11 is 0. The van der Waals surface area contributed by atoms with Crippen LogP contribution in [-0.4, -0.2) is 19.3 Å². The predicted octanol–water partition coefficient (Wildman–Crippen LogP) is 1.77. The first-order chi connectivity index (χ1) is 8.15. The lowest BCUT2D eigenvalue weighted by molar-refractivity contribution is 0.112. The number of benzene rings is 1. The second kappa shape index (κ2) is 7.32. The Morgan fingerprint density at radius 2 is 1.94 bits per heavy atom. The van der Waals surface area contributed by atoms with Gasteiger partial charge in [0.05, 0.1) is 6.61 Å². The van der Waals surface area contributed by atoms with Gasteiger partial charge >= 0.3 is 0 Å². The second-order valence-electron chi connectivity index (χ2n) is 3.92. The Labute approximate surface area is 99.9 Å². The van der Waals surface area contributed by atoms with Gasteiger partial charge in [0.15, 0.2) is 0 Å². The third-order valence-electron chi connectivity index (χ3n) is 2.31. The van der Waals surface area contributed by atoms with E-state index in [2.05, 4.69) is 5.43 Å². The minimum Gasteiger partial charge on any atom is -0.380 e. The summed E-state index contributed by atoms with van der Waals surface area (Å²) in [6.07, 6.45) is 1.35. The van der Waals surface area contributed by atoms with Crippen LogP contribution in [0.2, 0.25) is 0 Å². The molecule has 0 radical (unpaired) electrons. The smallest absolute Gasteiger partial charge is 0.126 e. The summed E-state index contributed by atoms with van der Waals surface area (Å²) in [5.74, 6) is 4.20. The maximum Gasteiger partial charge on any atom is 0.126 e. The minimum atomic E-state index is -0.578. The van der Waals surface area contributed by atoms with E-state index in [4.69, 9.17) is 10.6 Å². The van der Waals surface area contributed by atoms with Gasteiger partial charge in [-0.1, -0.05) is 6.92 Å². The SMILES string of the molecule is CCCOCC(Cc1cc(F)cc(F)c1)NN. The molecule has 0 spiro atoms. The van der Waals surface area contributed by atoms with Crippen molar-refractivity contribution in [2.75, 3.05) is 13.2 Å². The van der Waals surface area contributed by atoms with Crippen LogP contribution >= 0.6 is 0 Å². The van der Waals surface area contributed by atoms with Crippen molar-refractivity contribution in [1.29, 1.82) is 0 Å². The normalized spacial score (nSPS) is 12.7. The molecule has 0 fully saturated rings. The lowest BCUT2D eigenvalue weighted by Crippen LogP contribution is -2.40. The molecule has 17 heavy (non-hydrogen) atoms. The maximum absolute atomic E-state index is 13.0. The highest BCUT2D eigenvalue weighted by Crippen LogP contribution is 2.10. The van der Waals surface area contributed by atoms with Gasteiger partial charge in [-0.15, -0.1) is 0 Å². The standard InChI is InChI=1S/C12H18F2N2O/c1-2-3-17-8-12(16-15)6-9-4-10(13)7-11(14)5-9/h4-5,7,12,16H,2-3,6,8,15H2,1H3. The summed E-state index contributed by atoms with van der Waals surface area (Å²) in [4.78, 5) is 0. The predicted molar refractivity (Wildman–Crippen MR) is 62.3 cm³/mol. The fourth-order valence-electron chi connectivity index (χ4n) is 1.55. The van der Waals surface area contributed by atoms with E-state index in [0.717, 1.165) is 12.5 Å². The quantitative estimate of drug-likeness (QED) is 0.436. The Hall–Kier alpha value is -1.04. The van der Waals surface area contributed by atoms with Gasteiger partial charge in [-0.2, -0.15) is 0 Å². The molecule has 1 atom stereocenters. The first-order valence-corrected chi connectivity index (χ1v) is 5.64. The summed E-state index contributed by atoms with van der Waals surface area (Å²) in [5.41, 5.74) is 3.14. The lowest BCUT2D eigenvalue weighted by atomic mass is 10.1. The third kappa shape index (κ3) is 5.21. The molecule has 96 valence electrons. The van der Waals surface area contributed by atoms with Gasteiger partial charge in [0, 0.05) is 18.7 Å². The van der Waals surface area contributed by atoms with Crippen LogP contribution in [0.15, 0.2) is 18.2 Å². The molecule has 1 unspecified atom stereocenters. The number of rotatable bonds is 7. The maximum atomic E-state index is 13.0. The van der Waals surface area contributed by atoms with Crippen molar-refractivity contribution in [2.45, 2.75) is 25.8 Å². The van der Waals surface area contributed by atoms with Crippen molar-refractivity contribution < 1.29 is 13.5 Å². The summed E-state index contributed by atoms with van der Waals surface area (Å²) < 4.78 is 31.3. The van der Waals surface area contributed by atoms with Gasteiger partial charge < -0.3 is 4.74 Å². The minimum absolute atomic E-state index is 0.150. The highest BCUT2D eigenvalue weighted by molar-refractivity contribution is 5.18. The van der Waals surface area contributed by atoms with Crippen LogP contribution in [0, 0.1) is 11.6 Å². The Bertz CT molecular complexity index is 327. The zero-order chi connectivity index (χ0) is 12.7. The Morgan fingerprint density at radius 3 is 2.47 bits per heavy atom. The van der Waals surface area contributed by atoms with Crippen molar-refractivity contribution in [1.82, 2.24) is 5.43 Å². The Kier molecular flexibility index (Phi) is 6.04. The molecule has 0 aliphatic carbocycles. The fourth-order valence-corrected chi connectivity index (χ4v) is 1.55. The van der Waals surface area contributed by atoms with E-state index in [1.807, 2.05) is 6.92 Å². The molecule has 0 aromatic heterocycles. The molecule has 0 saturated heterocycles. The van der Waals surface area contributed by atoms with Crippen molar-refractivity contribution >= 4 is 0 Å². The Balaban J connectivity index is 2.54. The summed E-state index contributed by atoms with van der Waals surface area (Å²) in [5, 5.41) is 0. The van der Waals surface area contributed by atoms with Crippen LogP contribution in [-0.2, 0) is 11.2 Å². The van der Waals surface area contributed by atoms with Gasteiger partial charge in [-0.05, 0) is 30.5 Å². The van der Waals surface area contributed by atoms with Crippen LogP contribution in [0.4, 0.5) is 8.78 Å². The largest absolute Gasteiger partial charge is 0.380 e. The molecule has 0 aliphatic rings. The van der Waals surface area contributed by atoms with E-state index >= 15 is 0 Å². The van der Waals surface area contributed by atoms with Crippen molar-refractivity contribution in [3.05, 3.63) is 35.4 Å².